The molecule has 2 rings (SSSR count). The lowest BCUT2D eigenvalue weighted by atomic mass is 9.87. The highest BCUT2D eigenvalue weighted by molar-refractivity contribution is 6.09. The van der Waals surface area contributed by atoms with Gasteiger partial charge in [-0.05, 0) is 33.9 Å². The van der Waals surface area contributed by atoms with E-state index in [9.17, 15) is 14.4 Å². The van der Waals surface area contributed by atoms with Crippen LogP contribution in [-0.2, 0) is 9.59 Å². The topological polar surface area (TPSA) is 93.2 Å². The third kappa shape index (κ3) is 3.07. The minimum atomic E-state index is -1.18. The largest absolute Gasteiger partial charge is 0.480 e. The fraction of sp³-hybridized carbons (Fsp3) is 0.786. The number of aliphatic carboxylic acids is 1. The molecule has 22 heavy (non-hydrogen) atoms. The van der Waals surface area contributed by atoms with Crippen LogP contribution in [0.25, 0.3) is 0 Å². The van der Waals surface area contributed by atoms with Gasteiger partial charge < -0.3 is 20.2 Å². The van der Waals surface area contributed by atoms with Crippen molar-refractivity contribution in [3.63, 3.8) is 0 Å². The molecular formula is C14H24N4O4. The third-order valence-electron chi connectivity index (χ3n) is 4.51. The van der Waals surface area contributed by atoms with Crippen molar-refractivity contribution < 1.29 is 19.5 Å². The number of urea groups is 1. The van der Waals surface area contributed by atoms with Crippen molar-refractivity contribution in [2.24, 2.45) is 0 Å². The molecule has 0 aliphatic carbocycles. The van der Waals surface area contributed by atoms with E-state index in [0.717, 1.165) is 31.1 Å². The normalized spacial score (nSPS) is 23.2. The van der Waals surface area contributed by atoms with Crippen molar-refractivity contribution in [2.45, 2.75) is 31.3 Å². The van der Waals surface area contributed by atoms with Crippen LogP contribution >= 0.6 is 0 Å². The van der Waals surface area contributed by atoms with E-state index in [-0.39, 0.29) is 0 Å². The number of amides is 3. The highest BCUT2D eigenvalue weighted by Gasteiger charge is 2.54. The van der Waals surface area contributed by atoms with Crippen LogP contribution in [0, 0.1) is 0 Å². The van der Waals surface area contributed by atoms with Crippen LogP contribution < -0.4 is 5.32 Å². The van der Waals surface area contributed by atoms with Gasteiger partial charge in [-0.3, -0.25) is 4.79 Å². The number of rotatable bonds is 5. The zero-order valence-corrected chi connectivity index (χ0v) is 13.3. The van der Waals surface area contributed by atoms with Crippen molar-refractivity contribution in [1.82, 2.24) is 20.0 Å². The molecule has 2 aliphatic heterocycles. The number of hydrogen-bond acceptors (Lipinski definition) is 5. The second-order valence-electron chi connectivity index (χ2n) is 6.35. The first-order valence-corrected chi connectivity index (χ1v) is 7.52. The molecule has 2 aliphatic rings. The summed E-state index contributed by atoms with van der Waals surface area (Å²) in [5.41, 5.74) is -0.921. The maximum absolute atomic E-state index is 12.6. The second kappa shape index (κ2) is 6.21. The molecule has 8 heteroatoms. The summed E-state index contributed by atoms with van der Waals surface area (Å²) < 4.78 is 0. The van der Waals surface area contributed by atoms with Crippen LogP contribution in [0.15, 0.2) is 0 Å². The molecule has 1 spiro atoms. The number of hydrogen-bond donors (Lipinski definition) is 2. The number of carbonyl (C=O) groups is 3. The predicted molar refractivity (Wildman–Crippen MR) is 79.4 cm³/mol. The van der Waals surface area contributed by atoms with E-state index in [4.69, 9.17) is 5.11 Å². The molecule has 0 radical (unpaired) electrons. The van der Waals surface area contributed by atoms with Crippen LogP contribution in [0.4, 0.5) is 4.79 Å². The zero-order valence-electron chi connectivity index (χ0n) is 13.3. The number of nitrogens with zero attached hydrogens (tertiary/aromatic N) is 3. The summed E-state index contributed by atoms with van der Waals surface area (Å²) >= 11 is 0. The molecule has 1 atom stereocenters. The Labute approximate surface area is 130 Å². The van der Waals surface area contributed by atoms with Crippen molar-refractivity contribution in [3.8, 4) is 0 Å². The Bertz CT molecular complexity index is 471. The van der Waals surface area contributed by atoms with Crippen molar-refractivity contribution in [1.29, 1.82) is 0 Å². The fourth-order valence-electron chi connectivity index (χ4n) is 2.94. The molecule has 0 aromatic heterocycles. The summed E-state index contributed by atoms with van der Waals surface area (Å²) in [6.07, 6.45) is 1.04. The average molecular weight is 312 g/mol. The predicted octanol–water partition coefficient (Wildman–Crippen LogP) is -0.592. The number of likely N-dealkylation sites (tertiary alicyclic amines) is 1. The molecule has 0 aromatic carbocycles. The number of carboxylic acid groups (broad SMARTS) is 1. The minimum Gasteiger partial charge on any atom is -0.480 e. The van der Waals surface area contributed by atoms with E-state index in [0.29, 0.717) is 12.8 Å². The number of imide groups is 1. The Kier molecular flexibility index (Phi) is 4.72. The minimum absolute atomic E-state index is 0.403. The summed E-state index contributed by atoms with van der Waals surface area (Å²) in [7, 11) is 4.02. The van der Waals surface area contributed by atoms with Gasteiger partial charge in [-0.25, -0.2) is 14.5 Å². The lowest BCUT2D eigenvalue weighted by Gasteiger charge is -2.37. The van der Waals surface area contributed by atoms with Crippen molar-refractivity contribution in [2.75, 3.05) is 40.3 Å². The van der Waals surface area contributed by atoms with Crippen molar-refractivity contribution in [3.05, 3.63) is 0 Å². The van der Waals surface area contributed by atoms with E-state index in [1.54, 1.807) is 0 Å². The summed E-state index contributed by atoms with van der Waals surface area (Å²) in [4.78, 5) is 40.8. The molecule has 2 saturated heterocycles. The van der Waals surface area contributed by atoms with Crippen LogP contribution in [0.3, 0.4) is 0 Å². The highest BCUT2D eigenvalue weighted by atomic mass is 16.4. The van der Waals surface area contributed by atoms with Crippen LogP contribution in [0.2, 0.25) is 0 Å². The molecule has 2 N–H and O–H groups in total. The quantitative estimate of drug-likeness (QED) is 0.659. The molecule has 2 fully saturated rings. The Morgan fingerprint density at radius 3 is 2.45 bits per heavy atom. The second-order valence-corrected chi connectivity index (χ2v) is 6.35. The number of carboxylic acids is 1. The SMILES string of the molecule is CC(C(=O)O)N1C(=O)NC2(CCN(CCN(C)C)CC2)C1=O. The fourth-order valence-corrected chi connectivity index (χ4v) is 2.94. The first kappa shape index (κ1) is 16.7. The van der Waals surface area contributed by atoms with Gasteiger partial charge in [0.2, 0.25) is 0 Å². The molecule has 0 bridgehead atoms. The summed E-state index contributed by atoms with van der Waals surface area (Å²) in [5.74, 6) is -1.58. The van der Waals surface area contributed by atoms with Gasteiger partial charge in [0.15, 0.2) is 0 Å². The van der Waals surface area contributed by atoms with Gasteiger partial charge in [-0.2, -0.15) is 0 Å². The molecule has 1 unspecified atom stereocenters. The van der Waals surface area contributed by atoms with Gasteiger partial charge in [0.1, 0.15) is 11.6 Å². The third-order valence-corrected chi connectivity index (χ3v) is 4.51. The van der Waals surface area contributed by atoms with E-state index in [1.165, 1.54) is 6.92 Å². The van der Waals surface area contributed by atoms with Crippen LogP contribution in [0.1, 0.15) is 19.8 Å². The van der Waals surface area contributed by atoms with Gasteiger partial charge >= 0.3 is 12.0 Å². The molecule has 0 aromatic rings. The highest BCUT2D eigenvalue weighted by Crippen LogP contribution is 2.30. The van der Waals surface area contributed by atoms with E-state index < -0.39 is 29.5 Å². The maximum atomic E-state index is 12.6. The maximum Gasteiger partial charge on any atom is 0.326 e. The number of piperidine rings is 1. The van der Waals surface area contributed by atoms with Crippen LogP contribution in [-0.4, -0.2) is 89.6 Å². The number of carbonyl (C=O) groups excluding carboxylic acids is 2. The Morgan fingerprint density at radius 2 is 1.95 bits per heavy atom. The van der Waals surface area contributed by atoms with E-state index >= 15 is 0 Å². The lowest BCUT2D eigenvalue weighted by molar-refractivity contribution is -0.147. The first-order valence-electron chi connectivity index (χ1n) is 7.52. The van der Waals surface area contributed by atoms with Gasteiger partial charge in [-0.1, -0.05) is 0 Å². The molecule has 124 valence electrons. The van der Waals surface area contributed by atoms with E-state index in [1.807, 2.05) is 14.1 Å². The van der Waals surface area contributed by atoms with Gasteiger partial charge in [0, 0.05) is 26.2 Å². The number of likely N-dealkylation sites (N-methyl/N-ethyl adjacent to an activating group) is 1. The van der Waals surface area contributed by atoms with Crippen LogP contribution in [0.5, 0.6) is 0 Å². The monoisotopic (exact) mass is 312 g/mol. The molecule has 2 heterocycles. The lowest BCUT2D eigenvalue weighted by Crippen LogP contribution is -2.56. The summed E-state index contributed by atoms with van der Waals surface area (Å²) in [6, 6.07) is -1.74. The average Bonchev–Trinajstić information content (AvgIpc) is 2.68. The molecule has 0 saturated carbocycles. The van der Waals surface area contributed by atoms with Crippen molar-refractivity contribution >= 4 is 17.9 Å². The molecular weight excluding hydrogens is 288 g/mol. The molecule has 8 nitrogen and oxygen atoms in total. The summed E-state index contributed by atoms with van der Waals surface area (Å²) in [5, 5.41) is 11.8. The van der Waals surface area contributed by atoms with Gasteiger partial charge in [-0.15, -0.1) is 0 Å². The standard InChI is InChI=1S/C14H24N4O4/c1-10(11(19)20)18-12(21)14(15-13(18)22)4-6-17(7-5-14)9-8-16(2)3/h10H,4-9H2,1-3H3,(H,15,22)(H,19,20). The Hall–Kier alpha value is -1.67. The Morgan fingerprint density at radius 1 is 1.36 bits per heavy atom. The first-order chi connectivity index (χ1) is 10.3. The smallest absolute Gasteiger partial charge is 0.326 e. The Balaban J connectivity index is 2.01. The number of nitrogens with one attached hydrogen (secondary N) is 1. The summed E-state index contributed by atoms with van der Waals surface area (Å²) in [6.45, 7) is 4.64. The van der Waals surface area contributed by atoms with E-state index in [2.05, 4.69) is 15.1 Å². The molecule has 3 amide bonds. The zero-order chi connectivity index (χ0) is 16.5. The van der Waals surface area contributed by atoms with Gasteiger partial charge in [0.05, 0.1) is 0 Å². The van der Waals surface area contributed by atoms with Gasteiger partial charge in [0.25, 0.3) is 5.91 Å².